The molecule has 0 aromatic rings. The van der Waals surface area contributed by atoms with Crippen LogP contribution in [-0.4, -0.2) is 13.1 Å². The summed E-state index contributed by atoms with van der Waals surface area (Å²) in [7, 11) is 0. The first-order valence-electron chi connectivity index (χ1n) is 4.57. The van der Waals surface area contributed by atoms with Crippen molar-refractivity contribution in [3.05, 3.63) is 0 Å². The van der Waals surface area contributed by atoms with Gasteiger partial charge >= 0.3 is 0 Å². The number of fused-ring (bicyclic) bond motifs is 1. The van der Waals surface area contributed by atoms with E-state index < -0.39 is 0 Å². The molecule has 2 fully saturated rings. The highest BCUT2D eigenvalue weighted by atomic mass is 14.9. The maximum absolute atomic E-state index is 3.48. The molecule has 1 nitrogen and oxygen atoms in total. The maximum Gasteiger partial charge on any atom is -0.00178 e. The van der Waals surface area contributed by atoms with E-state index in [4.69, 9.17) is 0 Å². The molecule has 0 aromatic heterocycles. The van der Waals surface area contributed by atoms with Crippen LogP contribution in [-0.2, 0) is 0 Å². The Hall–Kier alpha value is -0.0400. The van der Waals surface area contributed by atoms with E-state index >= 15 is 0 Å². The molecule has 1 saturated carbocycles. The van der Waals surface area contributed by atoms with Crippen LogP contribution in [0.3, 0.4) is 0 Å². The molecule has 0 bridgehead atoms. The van der Waals surface area contributed by atoms with Gasteiger partial charge in [0.25, 0.3) is 0 Å². The topological polar surface area (TPSA) is 12.0 Å². The van der Waals surface area contributed by atoms with E-state index in [1.165, 1.54) is 32.4 Å². The summed E-state index contributed by atoms with van der Waals surface area (Å²) in [6, 6.07) is 0. The van der Waals surface area contributed by atoms with Gasteiger partial charge in [0.2, 0.25) is 0 Å². The molecule has 0 aromatic carbocycles. The minimum absolute atomic E-state index is 1.01. The molecule has 1 heterocycles. The van der Waals surface area contributed by atoms with Crippen molar-refractivity contribution in [2.75, 3.05) is 13.1 Å². The summed E-state index contributed by atoms with van der Waals surface area (Å²) < 4.78 is 0. The van der Waals surface area contributed by atoms with Crippen molar-refractivity contribution >= 4 is 0 Å². The second-order valence-corrected chi connectivity index (χ2v) is 4.09. The van der Waals surface area contributed by atoms with Gasteiger partial charge in [-0.2, -0.15) is 0 Å². The van der Waals surface area contributed by atoms with Crippen molar-refractivity contribution in [1.82, 2.24) is 5.32 Å². The lowest BCUT2D eigenvalue weighted by atomic mass is 9.90. The van der Waals surface area contributed by atoms with Crippen LogP contribution in [0.2, 0.25) is 0 Å². The smallest absolute Gasteiger partial charge is 0.00178 e. The Bertz CT molecular complexity index is 108. The SMILES string of the molecule is CC1CC2CCNCC2C1. The summed E-state index contributed by atoms with van der Waals surface area (Å²) in [5.74, 6) is 3.12. The van der Waals surface area contributed by atoms with Crippen LogP contribution in [0.1, 0.15) is 26.2 Å². The Morgan fingerprint density at radius 2 is 2.00 bits per heavy atom. The molecule has 58 valence electrons. The molecule has 0 radical (unpaired) electrons. The van der Waals surface area contributed by atoms with Gasteiger partial charge in [-0.3, -0.25) is 0 Å². The summed E-state index contributed by atoms with van der Waals surface area (Å²) in [5, 5.41) is 3.48. The molecular weight excluding hydrogens is 122 g/mol. The molecule has 10 heavy (non-hydrogen) atoms. The van der Waals surface area contributed by atoms with E-state index in [-0.39, 0.29) is 0 Å². The van der Waals surface area contributed by atoms with Crippen LogP contribution >= 0.6 is 0 Å². The van der Waals surface area contributed by atoms with E-state index in [2.05, 4.69) is 12.2 Å². The summed E-state index contributed by atoms with van der Waals surface area (Å²) in [4.78, 5) is 0. The number of piperidine rings is 1. The minimum atomic E-state index is 1.01. The molecule has 2 aliphatic rings. The number of hydrogen-bond acceptors (Lipinski definition) is 1. The average molecular weight is 139 g/mol. The van der Waals surface area contributed by atoms with Crippen LogP contribution in [0.5, 0.6) is 0 Å². The molecule has 0 spiro atoms. The van der Waals surface area contributed by atoms with Gasteiger partial charge in [0, 0.05) is 0 Å². The Kier molecular flexibility index (Phi) is 1.69. The van der Waals surface area contributed by atoms with Crippen molar-refractivity contribution in [2.45, 2.75) is 26.2 Å². The third-order valence-electron chi connectivity index (χ3n) is 3.18. The zero-order chi connectivity index (χ0) is 6.97. The fraction of sp³-hybridized carbons (Fsp3) is 1.00. The first-order chi connectivity index (χ1) is 4.86. The molecule has 1 N–H and O–H groups in total. The van der Waals surface area contributed by atoms with Gasteiger partial charge in [0.1, 0.15) is 0 Å². The molecule has 3 atom stereocenters. The number of nitrogens with one attached hydrogen (secondary N) is 1. The second kappa shape index (κ2) is 2.54. The van der Waals surface area contributed by atoms with Gasteiger partial charge in [-0.15, -0.1) is 0 Å². The predicted molar refractivity (Wildman–Crippen MR) is 42.9 cm³/mol. The molecule has 1 heteroatoms. The van der Waals surface area contributed by atoms with E-state index in [0.29, 0.717) is 0 Å². The first kappa shape index (κ1) is 6.66. The zero-order valence-electron chi connectivity index (χ0n) is 6.77. The van der Waals surface area contributed by atoms with Crippen LogP contribution < -0.4 is 5.32 Å². The van der Waals surface area contributed by atoms with E-state index in [1.54, 1.807) is 0 Å². The Balaban J connectivity index is 1.97. The van der Waals surface area contributed by atoms with E-state index in [9.17, 15) is 0 Å². The van der Waals surface area contributed by atoms with Crippen molar-refractivity contribution in [2.24, 2.45) is 17.8 Å². The number of rotatable bonds is 0. The van der Waals surface area contributed by atoms with Crippen molar-refractivity contribution < 1.29 is 0 Å². The van der Waals surface area contributed by atoms with Gasteiger partial charge in [0.15, 0.2) is 0 Å². The lowest BCUT2D eigenvalue weighted by Crippen LogP contribution is -2.33. The normalized spacial score (nSPS) is 47.1. The second-order valence-electron chi connectivity index (χ2n) is 4.09. The van der Waals surface area contributed by atoms with Crippen LogP contribution in [0.25, 0.3) is 0 Å². The highest BCUT2D eigenvalue weighted by Gasteiger charge is 2.33. The third kappa shape index (κ3) is 1.07. The predicted octanol–water partition coefficient (Wildman–Crippen LogP) is 1.64. The molecule has 3 unspecified atom stereocenters. The summed E-state index contributed by atoms with van der Waals surface area (Å²) in [6.45, 7) is 4.97. The molecular formula is C9H17N. The fourth-order valence-electron chi connectivity index (χ4n) is 2.69. The number of hydrogen-bond donors (Lipinski definition) is 1. The molecule has 1 aliphatic heterocycles. The van der Waals surface area contributed by atoms with Gasteiger partial charge in [0.05, 0.1) is 0 Å². The van der Waals surface area contributed by atoms with Gasteiger partial charge < -0.3 is 5.32 Å². The lowest BCUT2D eigenvalue weighted by Gasteiger charge is -2.25. The van der Waals surface area contributed by atoms with Crippen molar-refractivity contribution in [1.29, 1.82) is 0 Å². The van der Waals surface area contributed by atoms with Gasteiger partial charge in [-0.1, -0.05) is 6.92 Å². The Morgan fingerprint density at radius 3 is 2.80 bits per heavy atom. The standard InChI is InChI=1S/C9H17N/c1-7-4-8-2-3-10-6-9(8)5-7/h7-10H,2-6H2,1H3. The molecule has 0 amide bonds. The summed E-state index contributed by atoms with van der Waals surface area (Å²) >= 11 is 0. The zero-order valence-corrected chi connectivity index (χ0v) is 6.77. The molecule has 2 rings (SSSR count). The highest BCUT2D eigenvalue weighted by molar-refractivity contribution is 4.86. The maximum atomic E-state index is 3.48. The van der Waals surface area contributed by atoms with E-state index in [1.807, 2.05) is 0 Å². The lowest BCUT2D eigenvalue weighted by molar-refractivity contribution is 0.295. The minimum Gasteiger partial charge on any atom is -0.316 e. The first-order valence-corrected chi connectivity index (χ1v) is 4.57. The van der Waals surface area contributed by atoms with Gasteiger partial charge in [-0.25, -0.2) is 0 Å². The third-order valence-corrected chi connectivity index (χ3v) is 3.18. The van der Waals surface area contributed by atoms with Crippen LogP contribution in [0.4, 0.5) is 0 Å². The fourth-order valence-corrected chi connectivity index (χ4v) is 2.69. The highest BCUT2D eigenvalue weighted by Crippen LogP contribution is 2.38. The van der Waals surface area contributed by atoms with Crippen molar-refractivity contribution in [3.63, 3.8) is 0 Å². The van der Waals surface area contributed by atoms with Crippen LogP contribution in [0, 0.1) is 17.8 Å². The quantitative estimate of drug-likeness (QED) is 0.538. The van der Waals surface area contributed by atoms with Gasteiger partial charge in [-0.05, 0) is 50.1 Å². The molecule has 1 saturated heterocycles. The monoisotopic (exact) mass is 139 g/mol. The Morgan fingerprint density at radius 1 is 1.20 bits per heavy atom. The summed E-state index contributed by atoms with van der Waals surface area (Å²) in [5.41, 5.74) is 0. The molecule has 1 aliphatic carbocycles. The summed E-state index contributed by atoms with van der Waals surface area (Å²) in [6.07, 6.45) is 4.43. The Labute approximate surface area is 63.2 Å². The van der Waals surface area contributed by atoms with E-state index in [0.717, 1.165) is 17.8 Å². The average Bonchev–Trinajstić information content (AvgIpc) is 2.27. The largest absolute Gasteiger partial charge is 0.316 e. The van der Waals surface area contributed by atoms with Crippen molar-refractivity contribution in [3.8, 4) is 0 Å². The van der Waals surface area contributed by atoms with Crippen LogP contribution in [0.15, 0.2) is 0 Å².